The molecule has 0 spiro atoms. The first-order chi connectivity index (χ1) is 5.79. The molecule has 0 heterocycles. The first-order valence-corrected chi connectivity index (χ1v) is 3.55. The number of anilines is 1. The molecule has 60 valence electrons. The van der Waals surface area contributed by atoms with Gasteiger partial charge in [-0.1, -0.05) is 12.1 Å². The second kappa shape index (κ2) is 3.54. The summed E-state index contributed by atoms with van der Waals surface area (Å²) in [5, 5.41) is 18.7. The Kier molecular flexibility index (Phi) is 2.44. The number of rotatable bonds is 2. The van der Waals surface area contributed by atoms with Gasteiger partial charge in [0, 0.05) is 18.3 Å². The van der Waals surface area contributed by atoms with Crippen LogP contribution in [0.15, 0.2) is 24.3 Å². The molecule has 1 aromatic carbocycles. The SMILES string of the molecule is CNc1ccccc1C(=N)C#N. The van der Waals surface area contributed by atoms with E-state index in [1.165, 1.54) is 0 Å². The number of hydrogen-bond donors (Lipinski definition) is 2. The standard InChI is InChI=1S/C9H9N3/c1-12-9-5-3-2-4-7(9)8(11)6-10/h2-5,11-12H,1H3. The monoisotopic (exact) mass is 159 g/mol. The maximum absolute atomic E-state index is 8.51. The molecule has 0 aliphatic carbocycles. The van der Waals surface area contributed by atoms with E-state index in [9.17, 15) is 0 Å². The fourth-order valence-corrected chi connectivity index (χ4v) is 0.979. The molecular weight excluding hydrogens is 150 g/mol. The summed E-state index contributed by atoms with van der Waals surface area (Å²) < 4.78 is 0. The van der Waals surface area contributed by atoms with Gasteiger partial charge >= 0.3 is 0 Å². The minimum atomic E-state index is -0.0139. The molecule has 0 amide bonds. The Morgan fingerprint density at radius 2 is 2.17 bits per heavy atom. The van der Waals surface area contributed by atoms with E-state index in [0.717, 1.165) is 5.69 Å². The number of nitriles is 1. The van der Waals surface area contributed by atoms with Crippen LogP contribution in [0, 0.1) is 16.7 Å². The van der Waals surface area contributed by atoms with E-state index in [1.54, 1.807) is 19.2 Å². The molecule has 3 nitrogen and oxygen atoms in total. The molecule has 0 unspecified atom stereocenters. The second-order valence-electron chi connectivity index (χ2n) is 2.28. The lowest BCUT2D eigenvalue weighted by Gasteiger charge is -2.04. The van der Waals surface area contributed by atoms with Crippen molar-refractivity contribution in [2.75, 3.05) is 12.4 Å². The highest BCUT2D eigenvalue weighted by atomic mass is 14.8. The third-order valence-corrected chi connectivity index (χ3v) is 1.58. The minimum Gasteiger partial charge on any atom is -0.388 e. The van der Waals surface area contributed by atoms with Crippen LogP contribution in [0.4, 0.5) is 5.69 Å². The van der Waals surface area contributed by atoms with Crippen LogP contribution in [0.5, 0.6) is 0 Å². The zero-order valence-corrected chi connectivity index (χ0v) is 6.76. The predicted molar refractivity (Wildman–Crippen MR) is 48.4 cm³/mol. The van der Waals surface area contributed by atoms with Crippen LogP contribution in [-0.2, 0) is 0 Å². The zero-order valence-electron chi connectivity index (χ0n) is 6.76. The largest absolute Gasteiger partial charge is 0.388 e. The lowest BCUT2D eigenvalue weighted by atomic mass is 10.1. The lowest BCUT2D eigenvalue weighted by molar-refractivity contribution is 1.44. The van der Waals surface area contributed by atoms with Gasteiger partial charge in [-0.25, -0.2) is 0 Å². The molecule has 1 aromatic rings. The highest BCUT2D eigenvalue weighted by Gasteiger charge is 2.03. The van der Waals surface area contributed by atoms with Crippen molar-refractivity contribution in [3.05, 3.63) is 29.8 Å². The molecule has 0 radical (unpaired) electrons. The van der Waals surface area contributed by atoms with E-state index in [2.05, 4.69) is 5.32 Å². The van der Waals surface area contributed by atoms with E-state index in [1.807, 2.05) is 18.2 Å². The van der Waals surface area contributed by atoms with Crippen LogP contribution in [0.2, 0.25) is 0 Å². The van der Waals surface area contributed by atoms with Crippen LogP contribution >= 0.6 is 0 Å². The summed E-state index contributed by atoms with van der Waals surface area (Å²) in [5.41, 5.74) is 1.44. The van der Waals surface area contributed by atoms with Gasteiger partial charge in [0.15, 0.2) is 0 Å². The molecule has 0 aliphatic heterocycles. The van der Waals surface area contributed by atoms with Crippen molar-refractivity contribution < 1.29 is 0 Å². The third-order valence-electron chi connectivity index (χ3n) is 1.58. The minimum absolute atomic E-state index is 0.0139. The molecule has 3 heteroatoms. The summed E-state index contributed by atoms with van der Waals surface area (Å²) in [6.07, 6.45) is 0. The Morgan fingerprint density at radius 3 is 2.75 bits per heavy atom. The first kappa shape index (κ1) is 8.28. The average molecular weight is 159 g/mol. The summed E-state index contributed by atoms with van der Waals surface area (Å²) >= 11 is 0. The van der Waals surface area contributed by atoms with Gasteiger partial charge in [0.2, 0.25) is 0 Å². The fourth-order valence-electron chi connectivity index (χ4n) is 0.979. The maximum atomic E-state index is 8.51. The Balaban J connectivity index is 3.15. The fraction of sp³-hybridized carbons (Fsp3) is 0.111. The molecule has 1 rings (SSSR count). The quantitative estimate of drug-likeness (QED) is 0.644. The van der Waals surface area contributed by atoms with Gasteiger partial charge in [-0.05, 0) is 12.1 Å². The summed E-state index contributed by atoms with van der Waals surface area (Å²) in [4.78, 5) is 0. The van der Waals surface area contributed by atoms with Crippen molar-refractivity contribution >= 4 is 11.4 Å². The van der Waals surface area contributed by atoms with Crippen LogP contribution < -0.4 is 5.32 Å². The van der Waals surface area contributed by atoms with Crippen molar-refractivity contribution in [3.8, 4) is 6.07 Å². The van der Waals surface area contributed by atoms with Crippen molar-refractivity contribution in [1.29, 1.82) is 10.7 Å². The summed E-state index contributed by atoms with van der Waals surface area (Å²) in [5.74, 6) is 0. The smallest absolute Gasteiger partial charge is 0.141 e. The molecule has 0 aromatic heterocycles. The molecule has 0 saturated heterocycles. The van der Waals surface area contributed by atoms with Crippen LogP contribution in [-0.4, -0.2) is 12.8 Å². The number of hydrogen-bond acceptors (Lipinski definition) is 3. The average Bonchev–Trinajstić information content (AvgIpc) is 2.16. The van der Waals surface area contributed by atoms with Crippen molar-refractivity contribution in [2.45, 2.75) is 0 Å². The Bertz CT molecular complexity index is 336. The Labute approximate surface area is 71.2 Å². The molecule has 0 aliphatic rings. The number of nitrogens with one attached hydrogen (secondary N) is 2. The summed E-state index contributed by atoms with van der Waals surface area (Å²) in [7, 11) is 1.77. The van der Waals surface area contributed by atoms with Gasteiger partial charge in [0.1, 0.15) is 11.8 Å². The molecule has 0 fully saturated rings. The molecule has 0 atom stereocenters. The Morgan fingerprint density at radius 1 is 1.50 bits per heavy atom. The van der Waals surface area contributed by atoms with E-state index in [0.29, 0.717) is 5.56 Å². The zero-order chi connectivity index (χ0) is 8.97. The van der Waals surface area contributed by atoms with Crippen LogP contribution in [0.3, 0.4) is 0 Å². The highest BCUT2D eigenvalue weighted by molar-refractivity contribution is 6.12. The van der Waals surface area contributed by atoms with Crippen molar-refractivity contribution in [3.63, 3.8) is 0 Å². The summed E-state index contributed by atoms with van der Waals surface area (Å²) in [6.45, 7) is 0. The summed E-state index contributed by atoms with van der Waals surface area (Å²) in [6, 6.07) is 9.05. The second-order valence-corrected chi connectivity index (χ2v) is 2.28. The molecule has 2 N–H and O–H groups in total. The third kappa shape index (κ3) is 1.43. The Hall–Kier alpha value is -1.82. The van der Waals surface area contributed by atoms with Crippen molar-refractivity contribution in [2.24, 2.45) is 0 Å². The maximum Gasteiger partial charge on any atom is 0.141 e. The first-order valence-electron chi connectivity index (χ1n) is 3.55. The lowest BCUT2D eigenvalue weighted by Crippen LogP contribution is -2.00. The molecule has 12 heavy (non-hydrogen) atoms. The normalized spacial score (nSPS) is 8.67. The van der Waals surface area contributed by atoms with Gasteiger partial charge in [-0.15, -0.1) is 0 Å². The predicted octanol–water partition coefficient (Wildman–Crippen LogP) is 1.62. The number of nitrogens with zero attached hydrogens (tertiary/aromatic N) is 1. The van der Waals surface area contributed by atoms with Gasteiger partial charge in [-0.2, -0.15) is 5.26 Å². The number of para-hydroxylation sites is 1. The highest BCUT2D eigenvalue weighted by Crippen LogP contribution is 2.13. The van der Waals surface area contributed by atoms with E-state index < -0.39 is 0 Å². The van der Waals surface area contributed by atoms with Gasteiger partial charge in [0.05, 0.1) is 0 Å². The molecule has 0 bridgehead atoms. The van der Waals surface area contributed by atoms with Crippen molar-refractivity contribution in [1.82, 2.24) is 0 Å². The van der Waals surface area contributed by atoms with E-state index in [4.69, 9.17) is 10.7 Å². The van der Waals surface area contributed by atoms with E-state index in [-0.39, 0.29) is 5.71 Å². The number of benzene rings is 1. The molecular formula is C9H9N3. The molecule has 0 saturated carbocycles. The van der Waals surface area contributed by atoms with Crippen LogP contribution in [0.1, 0.15) is 5.56 Å². The topological polar surface area (TPSA) is 59.7 Å². The van der Waals surface area contributed by atoms with Gasteiger partial charge in [-0.3, -0.25) is 5.41 Å². The van der Waals surface area contributed by atoms with Gasteiger partial charge in [0.25, 0.3) is 0 Å². The van der Waals surface area contributed by atoms with Crippen LogP contribution in [0.25, 0.3) is 0 Å². The van der Waals surface area contributed by atoms with Gasteiger partial charge < -0.3 is 5.32 Å². The van der Waals surface area contributed by atoms with E-state index >= 15 is 0 Å².